The van der Waals surface area contributed by atoms with E-state index in [9.17, 15) is 28.3 Å². The van der Waals surface area contributed by atoms with Crippen molar-refractivity contribution in [3.05, 3.63) is 88.1 Å². The number of nitriles is 1. The molecule has 1 atom stereocenters. The second-order valence-electron chi connectivity index (χ2n) is 8.60. The maximum Gasteiger partial charge on any atom is 0.416 e. The van der Waals surface area contributed by atoms with Crippen LogP contribution in [0.3, 0.4) is 0 Å². The predicted octanol–water partition coefficient (Wildman–Crippen LogP) is 6.33. The van der Waals surface area contributed by atoms with Crippen LogP contribution in [0.1, 0.15) is 55.3 Å². The lowest BCUT2D eigenvalue weighted by molar-refractivity contribution is -0.137. The summed E-state index contributed by atoms with van der Waals surface area (Å²) >= 11 is 0. The zero-order chi connectivity index (χ0) is 25.2. The van der Waals surface area contributed by atoms with Crippen LogP contribution in [-0.2, 0) is 6.18 Å². The molecule has 2 aromatic carbocycles. The van der Waals surface area contributed by atoms with E-state index < -0.39 is 23.8 Å². The van der Waals surface area contributed by atoms with Crippen molar-refractivity contribution in [1.29, 1.82) is 5.26 Å². The first-order valence-electron chi connectivity index (χ1n) is 11.6. The Balaban J connectivity index is 1.94. The van der Waals surface area contributed by atoms with Gasteiger partial charge in [-0.05, 0) is 74.1 Å². The van der Waals surface area contributed by atoms with Gasteiger partial charge in [-0.3, -0.25) is 4.90 Å². The van der Waals surface area contributed by atoms with Crippen LogP contribution in [0.4, 0.5) is 23.7 Å². The molecule has 35 heavy (non-hydrogen) atoms. The van der Waals surface area contributed by atoms with E-state index in [2.05, 4.69) is 6.07 Å². The van der Waals surface area contributed by atoms with Gasteiger partial charge >= 0.3 is 12.2 Å². The Labute approximate surface area is 202 Å². The van der Waals surface area contributed by atoms with Crippen LogP contribution in [0, 0.1) is 11.3 Å². The van der Waals surface area contributed by atoms with Crippen molar-refractivity contribution in [2.75, 3.05) is 18.1 Å². The summed E-state index contributed by atoms with van der Waals surface area (Å²) in [6, 6.07) is 13.1. The van der Waals surface area contributed by atoms with Gasteiger partial charge in [0.05, 0.1) is 28.9 Å². The van der Waals surface area contributed by atoms with Crippen LogP contribution in [0.25, 0.3) is 0 Å². The smallest absolute Gasteiger partial charge is 0.396 e. The van der Waals surface area contributed by atoms with Crippen molar-refractivity contribution in [1.82, 2.24) is 4.90 Å². The highest BCUT2D eigenvalue weighted by atomic mass is 19.4. The summed E-state index contributed by atoms with van der Waals surface area (Å²) in [5.41, 5.74) is 3.30. The Hall–Kier alpha value is -3.57. The lowest BCUT2D eigenvalue weighted by atomic mass is 9.80. The van der Waals surface area contributed by atoms with Gasteiger partial charge in [0.1, 0.15) is 0 Å². The van der Waals surface area contributed by atoms with Crippen LogP contribution in [0.15, 0.2) is 71.5 Å². The second kappa shape index (κ2) is 9.96. The molecule has 8 heteroatoms. The van der Waals surface area contributed by atoms with Gasteiger partial charge in [-0.25, -0.2) is 4.79 Å². The topological polar surface area (TPSA) is 67.6 Å². The number of anilines is 1. The van der Waals surface area contributed by atoms with E-state index in [1.807, 2.05) is 25.1 Å². The molecule has 5 nitrogen and oxygen atoms in total. The largest absolute Gasteiger partial charge is 0.416 e. The average molecular weight is 482 g/mol. The monoisotopic (exact) mass is 481 g/mol. The first-order chi connectivity index (χ1) is 16.8. The number of carbonyl (C=O) groups is 1. The minimum absolute atomic E-state index is 0.129. The molecule has 0 radical (unpaired) electrons. The molecule has 4 rings (SSSR count). The number of hydrogen-bond donors (Lipinski definition) is 1. The highest BCUT2D eigenvalue weighted by Crippen LogP contribution is 2.47. The molecule has 0 saturated carbocycles. The summed E-state index contributed by atoms with van der Waals surface area (Å²) in [7, 11) is 0. The van der Waals surface area contributed by atoms with Crippen molar-refractivity contribution in [2.45, 2.75) is 44.8 Å². The van der Waals surface area contributed by atoms with Crippen LogP contribution in [-0.4, -0.2) is 29.2 Å². The van der Waals surface area contributed by atoms with Crippen molar-refractivity contribution in [3.8, 4) is 6.07 Å². The number of allylic oxidation sites excluding steroid dienone is 2. The van der Waals surface area contributed by atoms with Gasteiger partial charge in [-0.2, -0.15) is 18.4 Å². The second-order valence-corrected chi connectivity index (χ2v) is 8.60. The fraction of sp³-hybridized carbons (Fsp3) is 0.333. The zero-order valence-electron chi connectivity index (χ0n) is 19.3. The van der Waals surface area contributed by atoms with Gasteiger partial charge in [0.15, 0.2) is 0 Å². The number of alkyl halides is 3. The fourth-order valence-electron chi connectivity index (χ4n) is 4.92. The number of nitrogens with zero attached hydrogens (tertiary/aromatic N) is 3. The zero-order valence-corrected chi connectivity index (χ0v) is 19.3. The SMILES string of the molecule is CC=C1CCCC2=C1C(c1ccc(C#N)cc1)N(CCCO)C(=O)N2c1cccc(C(F)(F)F)c1. The Morgan fingerprint density at radius 2 is 1.91 bits per heavy atom. The minimum Gasteiger partial charge on any atom is -0.396 e. The summed E-state index contributed by atoms with van der Waals surface area (Å²) in [4.78, 5) is 17.0. The number of benzene rings is 2. The maximum absolute atomic E-state index is 13.9. The molecule has 0 fully saturated rings. The average Bonchev–Trinajstić information content (AvgIpc) is 2.86. The lowest BCUT2D eigenvalue weighted by Gasteiger charge is -2.47. The number of urea groups is 1. The molecule has 1 N–H and O–H groups in total. The molecule has 2 aromatic rings. The third-order valence-electron chi connectivity index (χ3n) is 6.50. The molecule has 2 aliphatic rings. The summed E-state index contributed by atoms with van der Waals surface area (Å²) in [5, 5.41) is 18.7. The molecule has 0 spiro atoms. The number of hydrogen-bond acceptors (Lipinski definition) is 3. The van der Waals surface area contributed by atoms with Gasteiger partial charge < -0.3 is 10.0 Å². The van der Waals surface area contributed by atoms with Crippen molar-refractivity contribution >= 4 is 11.7 Å². The molecule has 2 amide bonds. The van der Waals surface area contributed by atoms with E-state index in [0.717, 1.165) is 41.7 Å². The highest BCUT2D eigenvalue weighted by molar-refractivity contribution is 5.98. The molecule has 182 valence electrons. The van der Waals surface area contributed by atoms with E-state index in [-0.39, 0.29) is 18.8 Å². The molecule has 0 bridgehead atoms. The summed E-state index contributed by atoms with van der Waals surface area (Å²) in [6.07, 6.45) is -0.0965. The van der Waals surface area contributed by atoms with Crippen LogP contribution < -0.4 is 4.90 Å². The van der Waals surface area contributed by atoms with Gasteiger partial charge in [0.25, 0.3) is 0 Å². The predicted molar refractivity (Wildman–Crippen MR) is 126 cm³/mol. The molecule has 1 aliphatic carbocycles. The number of carbonyl (C=O) groups excluding carboxylic acids is 1. The van der Waals surface area contributed by atoms with Crippen molar-refractivity contribution < 1.29 is 23.1 Å². The Morgan fingerprint density at radius 3 is 2.54 bits per heavy atom. The first-order valence-corrected chi connectivity index (χ1v) is 11.6. The Bertz CT molecular complexity index is 1210. The van der Waals surface area contributed by atoms with Gasteiger partial charge in [0, 0.05) is 24.4 Å². The van der Waals surface area contributed by atoms with E-state index in [0.29, 0.717) is 24.1 Å². The lowest BCUT2D eigenvalue weighted by Crippen LogP contribution is -2.51. The van der Waals surface area contributed by atoms with Gasteiger partial charge in [0.2, 0.25) is 0 Å². The molecule has 1 heterocycles. The number of rotatable bonds is 5. The minimum atomic E-state index is -4.53. The molecular formula is C27H26F3N3O2. The Kier molecular flexibility index (Phi) is 6.99. The summed E-state index contributed by atoms with van der Waals surface area (Å²) in [5.74, 6) is 0. The first kappa shape index (κ1) is 24.6. The maximum atomic E-state index is 13.9. The quantitative estimate of drug-likeness (QED) is 0.543. The highest BCUT2D eigenvalue weighted by Gasteiger charge is 2.43. The fourth-order valence-corrected chi connectivity index (χ4v) is 4.92. The number of halogens is 3. The van der Waals surface area contributed by atoms with Crippen LogP contribution in [0.2, 0.25) is 0 Å². The van der Waals surface area contributed by atoms with E-state index in [4.69, 9.17) is 0 Å². The van der Waals surface area contributed by atoms with Gasteiger partial charge in [-0.15, -0.1) is 0 Å². The van der Waals surface area contributed by atoms with E-state index >= 15 is 0 Å². The summed E-state index contributed by atoms with van der Waals surface area (Å²) < 4.78 is 40.5. The van der Waals surface area contributed by atoms with Crippen molar-refractivity contribution in [3.63, 3.8) is 0 Å². The molecule has 1 aliphatic heterocycles. The van der Waals surface area contributed by atoms with E-state index in [1.54, 1.807) is 17.0 Å². The van der Waals surface area contributed by atoms with E-state index in [1.165, 1.54) is 17.0 Å². The molecule has 0 saturated heterocycles. The normalized spacial score (nSPS) is 19.7. The number of aliphatic hydroxyl groups excluding tert-OH is 1. The number of amides is 2. The van der Waals surface area contributed by atoms with Gasteiger partial charge in [-0.1, -0.05) is 24.3 Å². The Morgan fingerprint density at radius 1 is 1.17 bits per heavy atom. The number of aliphatic hydroxyl groups is 1. The van der Waals surface area contributed by atoms with Crippen LogP contribution in [0.5, 0.6) is 0 Å². The molecule has 0 aromatic heterocycles. The molecular weight excluding hydrogens is 455 g/mol. The third-order valence-corrected chi connectivity index (χ3v) is 6.50. The summed E-state index contributed by atoms with van der Waals surface area (Å²) in [6.45, 7) is 2.02. The molecule has 1 unspecified atom stereocenters. The van der Waals surface area contributed by atoms with Crippen molar-refractivity contribution in [2.24, 2.45) is 0 Å². The van der Waals surface area contributed by atoms with Crippen LogP contribution >= 0.6 is 0 Å². The third kappa shape index (κ3) is 4.69. The standard InChI is InChI=1S/C27H26F3N3O2/c1-2-19-6-3-9-23-24(19)25(20-12-10-18(17-31)11-13-20)32(14-5-15-34)26(35)33(23)22-8-4-7-21(16-22)27(28,29)30/h2,4,7-8,10-13,16,25,34H,3,5-6,9,14-15H2,1H3.